The number of carbonyl (C=O) groups excluding carboxylic acids is 1. The van der Waals surface area contributed by atoms with Gasteiger partial charge >= 0.3 is 0 Å². The summed E-state index contributed by atoms with van der Waals surface area (Å²) >= 11 is 0. The number of rotatable bonds is 11. The van der Waals surface area contributed by atoms with E-state index in [9.17, 15) is 4.79 Å². The molecule has 1 aliphatic rings. The molecule has 3 atom stereocenters. The SMILES string of the molecule is CC(C)Oc1ccc([C@@H](CCNC(=O)C[C@@H](c2ccccc2)[C@H]2CCOCC2(C)C)c2ccccc2)cc1. The summed E-state index contributed by atoms with van der Waals surface area (Å²) in [5.41, 5.74) is 3.76. The van der Waals surface area contributed by atoms with Crippen molar-refractivity contribution in [3.05, 3.63) is 102 Å². The van der Waals surface area contributed by atoms with Gasteiger partial charge in [0.2, 0.25) is 5.91 Å². The molecule has 3 aromatic carbocycles. The molecule has 4 heteroatoms. The highest BCUT2D eigenvalue weighted by atomic mass is 16.5. The second-order valence-corrected chi connectivity index (χ2v) is 11.5. The van der Waals surface area contributed by atoms with E-state index in [2.05, 4.69) is 79.8 Å². The van der Waals surface area contributed by atoms with Crippen LogP contribution < -0.4 is 10.1 Å². The molecule has 1 saturated heterocycles. The number of amides is 1. The lowest BCUT2D eigenvalue weighted by Gasteiger charge is -2.43. The third kappa shape index (κ3) is 7.48. The summed E-state index contributed by atoms with van der Waals surface area (Å²) in [6.45, 7) is 10.7. The van der Waals surface area contributed by atoms with Crippen LogP contribution in [0, 0.1) is 11.3 Å². The lowest BCUT2D eigenvalue weighted by atomic mass is 9.66. The molecular formula is C34H43NO3. The Kier molecular flexibility index (Phi) is 9.63. The molecule has 0 unspecified atom stereocenters. The Morgan fingerprint density at radius 1 is 0.921 bits per heavy atom. The van der Waals surface area contributed by atoms with Crippen LogP contribution >= 0.6 is 0 Å². The topological polar surface area (TPSA) is 47.6 Å². The highest BCUT2D eigenvalue weighted by Gasteiger charge is 2.39. The predicted octanol–water partition coefficient (Wildman–Crippen LogP) is 7.35. The minimum atomic E-state index is 0.0306. The quantitative estimate of drug-likeness (QED) is 0.292. The molecule has 0 aromatic heterocycles. The maximum Gasteiger partial charge on any atom is 0.220 e. The molecule has 1 heterocycles. The Morgan fingerprint density at radius 3 is 2.13 bits per heavy atom. The van der Waals surface area contributed by atoms with Gasteiger partial charge in [0.1, 0.15) is 5.75 Å². The first-order valence-electron chi connectivity index (χ1n) is 14.0. The highest BCUT2D eigenvalue weighted by molar-refractivity contribution is 5.77. The summed E-state index contributed by atoms with van der Waals surface area (Å²) in [5.74, 6) is 1.77. The standard InChI is InChI=1S/C34H43NO3/c1-25(2)38-29-17-15-28(16-18-29)30(26-11-7-5-8-12-26)19-21-35-33(36)23-31(27-13-9-6-10-14-27)32-20-22-37-24-34(32,3)4/h5-18,25,30-32H,19-24H2,1-4H3,(H,35,36)/t30-,31-,32+/m0/s1. The first-order chi connectivity index (χ1) is 18.3. The summed E-state index contributed by atoms with van der Waals surface area (Å²) in [4.78, 5) is 13.3. The van der Waals surface area contributed by atoms with Gasteiger partial charge in [0.05, 0.1) is 12.7 Å². The van der Waals surface area contributed by atoms with Gasteiger partial charge in [0.25, 0.3) is 0 Å². The molecule has 1 aliphatic heterocycles. The Hall–Kier alpha value is -3.11. The Balaban J connectivity index is 1.44. The summed E-state index contributed by atoms with van der Waals surface area (Å²) < 4.78 is 11.6. The fourth-order valence-corrected chi connectivity index (χ4v) is 5.87. The van der Waals surface area contributed by atoms with Crippen molar-refractivity contribution in [2.45, 2.75) is 64.9 Å². The maximum absolute atomic E-state index is 13.3. The Morgan fingerprint density at radius 2 is 1.53 bits per heavy atom. The van der Waals surface area contributed by atoms with Crippen molar-refractivity contribution >= 4 is 5.91 Å². The zero-order valence-corrected chi connectivity index (χ0v) is 23.4. The second-order valence-electron chi connectivity index (χ2n) is 11.5. The molecule has 1 N–H and O–H groups in total. The molecule has 0 spiro atoms. The third-order valence-corrected chi connectivity index (χ3v) is 7.78. The first-order valence-corrected chi connectivity index (χ1v) is 14.0. The molecule has 0 radical (unpaired) electrons. The molecule has 4 nitrogen and oxygen atoms in total. The lowest BCUT2D eigenvalue weighted by molar-refractivity contribution is -0.122. The zero-order chi connectivity index (χ0) is 27.0. The van der Waals surface area contributed by atoms with Crippen LogP contribution in [0.15, 0.2) is 84.9 Å². The van der Waals surface area contributed by atoms with Gasteiger partial charge in [-0.2, -0.15) is 0 Å². The van der Waals surface area contributed by atoms with E-state index in [1.54, 1.807) is 0 Å². The minimum absolute atomic E-state index is 0.0306. The third-order valence-electron chi connectivity index (χ3n) is 7.78. The fourth-order valence-electron chi connectivity index (χ4n) is 5.87. The van der Waals surface area contributed by atoms with Gasteiger partial charge in [0.15, 0.2) is 0 Å². The maximum atomic E-state index is 13.3. The van der Waals surface area contributed by atoms with E-state index in [1.165, 1.54) is 16.7 Å². The molecule has 1 fully saturated rings. The summed E-state index contributed by atoms with van der Waals surface area (Å²) in [5, 5.41) is 3.26. The van der Waals surface area contributed by atoms with Crippen molar-refractivity contribution in [1.82, 2.24) is 5.32 Å². The van der Waals surface area contributed by atoms with Gasteiger partial charge in [-0.1, -0.05) is 86.6 Å². The lowest BCUT2D eigenvalue weighted by Crippen LogP contribution is -2.40. The molecule has 0 saturated carbocycles. The van der Waals surface area contributed by atoms with Crippen LogP contribution in [0.4, 0.5) is 0 Å². The van der Waals surface area contributed by atoms with E-state index in [-0.39, 0.29) is 29.3 Å². The van der Waals surface area contributed by atoms with Crippen LogP contribution in [-0.4, -0.2) is 31.8 Å². The highest BCUT2D eigenvalue weighted by Crippen LogP contribution is 2.44. The van der Waals surface area contributed by atoms with Gasteiger partial charge in [-0.25, -0.2) is 0 Å². The van der Waals surface area contributed by atoms with Crippen molar-refractivity contribution in [3.8, 4) is 5.75 Å². The van der Waals surface area contributed by atoms with Crippen molar-refractivity contribution in [1.29, 1.82) is 0 Å². The zero-order valence-electron chi connectivity index (χ0n) is 23.4. The molecule has 0 aliphatic carbocycles. The van der Waals surface area contributed by atoms with E-state index in [0.29, 0.717) is 18.9 Å². The molecule has 1 amide bonds. The van der Waals surface area contributed by atoms with E-state index < -0.39 is 0 Å². The Bertz CT molecular complexity index is 1130. The summed E-state index contributed by atoms with van der Waals surface area (Å²) in [6, 6.07) is 29.5. The summed E-state index contributed by atoms with van der Waals surface area (Å²) in [7, 11) is 0. The van der Waals surface area contributed by atoms with Crippen LogP contribution in [0.3, 0.4) is 0 Å². The number of hydrogen-bond donors (Lipinski definition) is 1. The van der Waals surface area contributed by atoms with E-state index >= 15 is 0 Å². The summed E-state index contributed by atoms with van der Waals surface area (Å²) in [6.07, 6.45) is 2.45. The number of benzene rings is 3. The van der Waals surface area contributed by atoms with Gasteiger partial charge in [-0.3, -0.25) is 4.79 Å². The number of ether oxygens (including phenoxy) is 2. The van der Waals surface area contributed by atoms with Gasteiger partial charge < -0.3 is 14.8 Å². The number of hydrogen-bond acceptors (Lipinski definition) is 3. The van der Waals surface area contributed by atoms with Crippen molar-refractivity contribution in [2.75, 3.05) is 19.8 Å². The molecular weight excluding hydrogens is 470 g/mol. The van der Waals surface area contributed by atoms with Gasteiger partial charge in [-0.15, -0.1) is 0 Å². The van der Waals surface area contributed by atoms with Gasteiger partial charge in [0, 0.05) is 25.5 Å². The minimum Gasteiger partial charge on any atom is -0.491 e. The fraction of sp³-hybridized carbons (Fsp3) is 0.441. The normalized spacial score (nSPS) is 18.5. The average Bonchev–Trinajstić information content (AvgIpc) is 2.91. The van der Waals surface area contributed by atoms with E-state index in [1.807, 2.05) is 38.1 Å². The molecule has 4 rings (SSSR count). The van der Waals surface area contributed by atoms with Crippen molar-refractivity contribution in [2.24, 2.45) is 11.3 Å². The number of carbonyl (C=O) groups is 1. The van der Waals surface area contributed by atoms with E-state index in [4.69, 9.17) is 9.47 Å². The molecule has 38 heavy (non-hydrogen) atoms. The smallest absolute Gasteiger partial charge is 0.220 e. The molecule has 202 valence electrons. The molecule has 0 bridgehead atoms. The van der Waals surface area contributed by atoms with Crippen LogP contribution in [-0.2, 0) is 9.53 Å². The number of nitrogens with one attached hydrogen (secondary N) is 1. The van der Waals surface area contributed by atoms with Gasteiger partial charge in [-0.05, 0) is 72.8 Å². The average molecular weight is 514 g/mol. The Labute approximate surface area is 228 Å². The first kappa shape index (κ1) is 27.9. The van der Waals surface area contributed by atoms with Crippen LogP contribution in [0.2, 0.25) is 0 Å². The predicted molar refractivity (Wildman–Crippen MR) is 155 cm³/mol. The monoisotopic (exact) mass is 513 g/mol. The van der Waals surface area contributed by atoms with Crippen molar-refractivity contribution < 1.29 is 14.3 Å². The van der Waals surface area contributed by atoms with Crippen LogP contribution in [0.25, 0.3) is 0 Å². The second kappa shape index (κ2) is 13.1. The molecule has 3 aromatic rings. The van der Waals surface area contributed by atoms with Crippen LogP contribution in [0.1, 0.15) is 75.5 Å². The largest absolute Gasteiger partial charge is 0.491 e. The van der Waals surface area contributed by atoms with Crippen molar-refractivity contribution in [3.63, 3.8) is 0 Å². The van der Waals surface area contributed by atoms with E-state index in [0.717, 1.165) is 31.8 Å². The van der Waals surface area contributed by atoms with Crippen LogP contribution in [0.5, 0.6) is 5.75 Å².